The van der Waals surface area contributed by atoms with Crippen LogP contribution in [0.25, 0.3) is 15.9 Å². The van der Waals surface area contributed by atoms with Gasteiger partial charge >= 0.3 is 0 Å². The smallest absolute Gasteiger partial charge is 0.269 e. The van der Waals surface area contributed by atoms with Crippen LogP contribution in [0.5, 0.6) is 0 Å². The Morgan fingerprint density at radius 3 is 2.78 bits per heavy atom. The molecule has 0 atom stereocenters. The molecule has 23 heavy (non-hydrogen) atoms. The molecule has 3 aromatic heterocycles. The van der Waals surface area contributed by atoms with Crippen LogP contribution in [0.1, 0.15) is 9.67 Å². The summed E-state index contributed by atoms with van der Waals surface area (Å²) in [6, 6.07) is 11.0. The zero-order valence-electron chi connectivity index (χ0n) is 11.5. The normalized spacial score (nSPS) is 11.1. The highest BCUT2D eigenvalue weighted by molar-refractivity contribution is 7.73. The van der Waals surface area contributed by atoms with Crippen LogP contribution < -0.4 is 10.9 Å². The molecule has 0 fully saturated rings. The lowest BCUT2D eigenvalue weighted by Gasteiger charge is -2.03. The Labute approximate surface area is 142 Å². The van der Waals surface area contributed by atoms with Gasteiger partial charge in [-0.2, -0.15) is 0 Å². The Morgan fingerprint density at radius 2 is 2.00 bits per heavy atom. The average molecular weight is 359 g/mol. The first-order valence-corrected chi connectivity index (χ1v) is 8.77. The summed E-state index contributed by atoms with van der Waals surface area (Å²) in [5.74, 6) is -0.292. The minimum atomic E-state index is -0.292. The molecule has 114 valence electrons. The summed E-state index contributed by atoms with van der Waals surface area (Å²) < 4.78 is 2.87. The van der Waals surface area contributed by atoms with Gasteiger partial charge in [-0.05, 0) is 35.8 Å². The van der Waals surface area contributed by atoms with E-state index in [-0.39, 0.29) is 11.5 Å². The fraction of sp³-hybridized carbons (Fsp3) is 0. The van der Waals surface area contributed by atoms with E-state index in [0.717, 1.165) is 5.52 Å². The second-order valence-electron chi connectivity index (χ2n) is 4.79. The Balaban J connectivity index is 1.91. The summed E-state index contributed by atoms with van der Waals surface area (Å²) in [4.78, 5) is 27.9. The van der Waals surface area contributed by atoms with E-state index in [0.29, 0.717) is 24.9 Å². The third-order valence-electron chi connectivity index (χ3n) is 3.37. The maximum Gasteiger partial charge on any atom is 0.269 e. The fourth-order valence-electron chi connectivity index (χ4n) is 2.38. The molecule has 4 aromatic rings. The number of nitrogens with zero attached hydrogens (tertiary/aromatic N) is 1. The second-order valence-corrected chi connectivity index (χ2v) is 7.35. The maximum absolute atomic E-state index is 12.5. The van der Waals surface area contributed by atoms with Gasteiger partial charge in [-0.3, -0.25) is 14.0 Å². The number of benzene rings is 1. The monoisotopic (exact) mass is 359 g/mol. The molecule has 0 spiro atoms. The molecule has 0 aliphatic rings. The van der Waals surface area contributed by atoms with Crippen molar-refractivity contribution in [3.63, 3.8) is 0 Å². The molecular weight excluding hydrogens is 350 g/mol. The number of carbonyl (C=O) groups is 1. The number of amides is 1. The van der Waals surface area contributed by atoms with Gasteiger partial charge < -0.3 is 10.3 Å². The first kappa shape index (κ1) is 14.3. The van der Waals surface area contributed by atoms with Crippen LogP contribution in [-0.4, -0.2) is 15.3 Å². The summed E-state index contributed by atoms with van der Waals surface area (Å²) in [5.41, 5.74) is 1.64. The van der Waals surface area contributed by atoms with Gasteiger partial charge in [-0.1, -0.05) is 29.5 Å². The Bertz CT molecular complexity index is 1150. The van der Waals surface area contributed by atoms with E-state index in [2.05, 4.69) is 10.3 Å². The third-order valence-corrected chi connectivity index (χ3v) is 5.65. The number of nitrogens with one attached hydrogen (secondary N) is 2. The lowest BCUT2D eigenvalue weighted by atomic mass is 10.3. The largest absolute Gasteiger partial charge is 0.321 e. The molecule has 8 heteroatoms. The Hall–Kier alpha value is -2.29. The number of aromatic nitrogens is 2. The van der Waals surface area contributed by atoms with E-state index >= 15 is 0 Å². The van der Waals surface area contributed by atoms with Crippen LogP contribution in [0.2, 0.25) is 0 Å². The predicted molar refractivity (Wildman–Crippen MR) is 96.5 cm³/mol. The number of hydrogen-bond donors (Lipinski definition) is 2. The number of fused-ring (bicyclic) bond motifs is 3. The number of hydrogen-bond acceptors (Lipinski definition) is 5. The van der Waals surface area contributed by atoms with Gasteiger partial charge in [0.1, 0.15) is 15.2 Å². The van der Waals surface area contributed by atoms with Gasteiger partial charge in [0.05, 0.1) is 5.52 Å². The van der Waals surface area contributed by atoms with Crippen molar-refractivity contribution in [1.82, 2.24) is 9.38 Å². The fourth-order valence-corrected chi connectivity index (χ4v) is 4.43. The number of thiazole rings is 1. The number of thiophene rings is 1. The van der Waals surface area contributed by atoms with Crippen LogP contribution in [0, 0.1) is 3.95 Å². The minimum absolute atomic E-state index is 0.212. The zero-order valence-corrected chi connectivity index (χ0v) is 14.0. The van der Waals surface area contributed by atoms with Gasteiger partial charge in [0.15, 0.2) is 3.95 Å². The van der Waals surface area contributed by atoms with Crippen LogP contribution >= 0.6 is 34.9 Å². The van der Waals surface area contributed by atoms with Crippen molar-refractivity contribution in [2.45, 2.75) is 0 Å². The lowest BCUT2D eigenvalue weighted by Crippen LogP contribution is -2.14. The van der Waals surface area contributed by atoms with E-state index in [4.69, 9.17) is 12.2 Å². The van der Waals surface area contributed by atoms with E-state index in [1.54, 1.807) is 16.5 Å². The molecule has 2 N–H and O–H groups in total. The number of H-pyrrole nitrogens is 1. The summed E-state index contributed by atoms with van der Waals surface area (Å²) >= 11 is 7.91. The molecule has 5 nitrogen and oxygen atoms in total. The number of anilines is 1. The third kappa shape index (κ3) is 2.31. The van der Waals surface area contributed by atoms with Gasteiger partial charge in [0, 0.05) is 5.69 Å². The lowest BCUT2D eigenvalue weighted by molar-refractivity contribution is 0.103. The summed E-state index contributed by atoms with van der Waals surface area (Å²) in [6.07, 6.45) is 0. The van der Waals surface area contributed by atoms with Gasteiger partial charge in [-0.15, -0.1) is 11.3 Å². The van der Waals surface area contributed by atoms with Gasteiger partial charge in [-0.25, -0.2) is 0 Å². The van der Waals surface area contributed by atoms with E-state index in [1.165, 1.54) is 22.7 Å². The van der Waals surface area contributed by atoms with Crippen molar-refractivity contribution >= 4 is 62.3 Å². The van der Waals surface area contributed by atoms with Crippen LogP contribution in [0.15, 0.2) is 46.6 Å². The highest BCUT2D eigenvalue weighted by atomic mass is 32.1. The van der Waals surface area contributed by atoms with Crippen molar-refractivity contribution in [1.29, 1.82) is 0 Å². The molecule has 0 aliphatic heterocycles. The molecule has 0 saturated heterocycles. The van der Waals surface area contributed by atoms with Crippen molar-refractivity contribution in [3.05, 3.63) is 61.0 Å². The summed E-state index contributed by atoms with van der Waals surface area (Å²) in [7, 11) is 0. The highest BCUT2D eigenvalue weighted by Gasteiger charge is 2.18. The van der Waals surface area contributed by atoms with Gasteiger partial charge in [0.25, 0.3) is 11.5 Å². The zero-order chi connectivity index (χ0) is 16.0. The van der Waals surface area contributed by atoms with Crippen molar-refractivity contribution in [3.8, 4) is 0 Å². The standard InChI is InChI=1S/C15H9N3O2S3/c19-13-10-9(6-7-22-10)18-12(17-13)11(23-15(18)21)14(20)16-8-4-2-1-3-5-8/h1-7H,(H,16,20)(H,17,19). The van der Waals surface area contributed by atoms with Crippen LogP contribution in [-0.2, 0) is 0 Å². The topological polar surface area (TPSA) is 66.4 Å². The molecule has 3 heterocycles. The number of para-hydroxylation sites is 1. The summed E-state index contributed by atoms with van der Waals surface area (Å²) in [6.45, 7) is 0. The first-order valence-electron chi connectivity index (χ1n) is 6.66. The first-order chi connectivity index (χ1) is 11.1. The SMILES string of the molecule is O=C(Nc1ccccc1)c1sc(=S)n2c1[nH]c(=O)c1sccc12. The molecule has 1 aromatic carbocycles. The number of aromatic amines is 1. The van der Waals surface area contributed by atoms with Gasteiger partial charge in [0.2, 0.25) is 0 Å². The molecular formula is C15H9N3O2S3. The molecule has 4 rings (SSSR count). The van der Waals surface area contributed by atoms with Crippen LogP contribution in [0.3, 0.4) is 0 Å². The maximum atomic E-state index is 12.5. The van der Waals surface area contributed by atoms with E-state index < -0.39 is 0 Å². The van der Waals surface area contributed by atoms with Crippen molar-refractivity contribution in [2.75, 3.05) is 5.32 Å². The molecule has 0 unspecified atom stereocenters. The van der Waals surface area contributed by atoms with Crippen molar-refractivity contribution in [2.24, 2.45) is 0 Å². The Kier molecular flexibility index (Phi) is 3.37. The van der Waals surface area contributed by atoms with Crippen molar-refractivity contribution < 1.29 is 4.79 Å². The summed E-state index contributed by atoms with van der Waals surface area (Å²) in [5, 5.41) is 4.65. The average Bonchev–Trinajstić information content (AvgIpc) is 3.13. The number of carbonyl (C=O) groups excluding carboxylic acids is 1. The molecule has 0 radical (unpaired) electrons. The number of rotatable bonds is 2. The molecule has 0 saturated carbocycles. The molecule has 0 bridgehead atoms. The molecule has 1 amide bonds. The minimum Gasteiger partial charge on any atom is -0.321 e. The molecule has 0 aliphatic carbocycles. The highest BCUT2D eigenvalue weighted by Crippen LogP contribution is 2.25. The Morgan fingerprint density at radius 1 is 1.22 bits per heavy atom. The van der Waals surface area contributed by atoms with E-state index in [1.807, 2.05) is 29.6 Å². The van der Waals surface area contributed by atoms with Crippen LogP contribution in [0.4, 0.5) is 5.69 Å². The quantitative estimate of drug-likeness (QED) is 0.534. The predicted octanol–water partition coefficient (Wildman–Crippen LogP) is 3.89. The van der Waals surface area contributed by atoms with E-state index in [9.17, 15) is 9.59 Å². The second kappa shape index (κ2) is 5.41.